The summed E-state index contributed by atoms with van der Waals surface area (Å²) in [6.45, 7) is 0. The predicted octanol–water partition coefficient (Wildman–Crippen LogP) is 1.63. The van der Waals surface area contributed by atoms with E-state index in [1.165, 1.54) is 24.3 Å². The molecular formula is C10H9FN2O. The van der Waals surface area contributed by atoms with Gasteiger partial charge in [0.2, 0.25) is 0 Å². The lowest BCUT2D eigenvalue weighted by Crippen LogP contribution is -2.01. The lowest BCUT2D eigenvalue weighted by molar-refractivity contribution is 0.211. The second-order valence-corrected chi connectivity index (χ2v) is 2.93. The van der Waals surface area contributed by atoms with Gasteiger partial charge in [-0.1, -0.05) is 12.1 Å². The molecule has 0 aliphatic heterocycles. The van der Waals surface area contributed by atoms with E-state index in [1.807, 2.05) is 0 Å². The third-order valence-electron chi connectivity index (χ3n) is 1.96. The highest BCUT2D eigenvalue weighted by atomic mass is 19.1. The van der Waals surface area contributed by atoms with E-state index in [4.69, 9.17) is 0 Å². The van der Waals surface area contributed by atoms with Crippen molar-refractivity contribution in [3.05, 3.63) is 53.9 Å². The Morgan fingerprint density at radius 2 is 2.00 bits per heavy atom. The number of hydrogen-bond donors (Lipinski definition) is 2. The van der Waals surface area contributed by atoms with E-state index in [0.717, 1.165) is 0 Å². The summed E-state index contributed by atoms with van der Waals surface area (Å²) in [6.07, 6.45) is 2.36. The molecule has 2 N–H and O–H groups in total. The molecule has 0 aliphatic rings. The number of benzene rings is 1. The first-order chi connectivity index (χ1) is 6.77. The Kier molecular flexibility index (Phi) is 2.28. The van der Waals surface area contributed by atoms with E-state index in [0.29, 0.717) is 11.4 Å². The Morgan fingerprint density at radius 3 is 2.57 bits per heavy atom. The number of hydrogen-bond acceptors (Lipinski definition) is 2. The molecule has 1 aromatic heterocycles. The van der Waals surface area contributed by atoms with Crippen molar-refractivity contribution in [2.24, 2.45) is 0 Å². The molecule has 2 rings (SSSR count). The number of halogens is 1. The molecule has 1 aromatic carbocycles. The standard InChI is InChI=1S/C10H9FN2O/c11-8-3-1-7(2-4-8)9(14)10-12-5-6-13-10/h1-6,9,14H,(H,12,13)/t9-/m0/s1. The van der Waals surface area contributed by atoms with Gasteiger partial charge < -0.3 is 10.1 Å². The van der Waals surface area contributed by atoms with Crippen molar-refractivity contribution in [2.45, 2.75) is 6.10 Å². The van der Waals surface area contributed by atoms with Crippen molar-refractivity contribution >= 4 is 0 Å². The first kappa shape index (κ1) is 8.90. The molecule has 0 spiro atoms. The fourth-order valence-electron chi connectivity index (χ4n) is 1.23. The van der Waals surface area contributed by atoms with E-state index < -0.39 is 6.10 Å². The highest BCUT2D eigenvalue weighted by Crippen LogP contribution is 2.18. The van der Waals surface area contributed by atoms with Gasteiger partial charge in [-0.2, -0.15) is 0 Å². The number of aliphatic hydroxyl groups excluding tert-OH is 1. The maximum absolute atomic E-state index is 12.6. The van der Waals surface area contributed by atoms with Gasteiger partial charge in [-0.05, 0) is 17.7 Å². The molecule has 4 heteroatoms. The molecule has 2 aromatic rings. The fraction of sp³-hybridized carbons (Fsp3) is 0.100. The van der Waals surface area contributed by atoms with Crippen molar-refractivity contribution in [2.75, 3.05) is 0 Å². The summed E-state index contributed by atoms with van der Waals surface area (Å²) < 4.78 is 12.6. The number of aromatic amines is 1. The SMILES string of the molecule is O[C@@H](c1ccc(F)cc1)c1ncc[nH]1. The van der Waals surface area contributed by atoms with Gasteiger partial charge in [0.25, 0.3) is 0 Å². The quantitative estimate of drug-likeness (QED) is 0.759. The molecule has 0 radical (unpaired) electrons. The summed E-state index contributed by atoms with van der Waals surface area (Å²) in [5, 5.41) is 9.76. The van der Waals surface area contributed by atoms with Crippen molar-refractivity contribution in [1.82, 2.24) is 9.97 Å². The maximum atomic E-state index is 12.6. The summed E-state index contributed by atoms with van der Waals surface area (Å²) in [7, 11) is 0. The van der Waals surface area contributed by atoms with Crippen LogP contribution in [0.2, 0.25) is 0 Å². The Balaban J connectivity index is 2.28. The van der Waals surface area contributed by atoms with Crippen LogP contribution in [0, 0.1) is 5.82 Å². The smallest absolute Gasteiger partial charge is 0.139 e. The number of aliphatic hydroxyl groups is 1. The van der Waals surface area contributed by atoms with Crippen LogP contribution in [-0.4, -0.2) is 15.1 Å². The fourth-order valence-corrected chi connectivity index (χ4v) is 1.23. The molecule has 14 heavy (non-hydrogen) atoms. The molecule has 0 saturated heterocycles. The van der Waals surface area contributed by atoms with Crippen LogP contribution in [-0.2, 0) is 0 Å². The highest BCUT2D eigenvalue weighted by molar-refractivity contribution is 5.23. The number of imidazole rings is 1. The normalized spacial score (nSPS) is 12.7. The van der Waals surface area contributed by atoms with Crippen LogP contribution >= 0.6 is 0 Å². The van der Waals surface area contributed by atoms with Gasteiger partial charge in [-0.25, -0.2) is 9.37 Å². The summed E-state index contributed by atoms with van der Waals surface area (Å²) in [5.74, 6) is 0.136. The van der Waals surface area contributed by atoms with Gasteiger partial charge in [-0.3, -0.25) is 0 Å². The van der Waals surface area contributed by atoms with E-state index >= 15 is 0 Å². The third-order valence-corrected chi connectivity index (χ3v) is 1.96. The van der Waals surface area contributed by atoms with E-state index in [2.05, 4.69) is 9.97 Å². The molecule has 3 nitrogen and oxygen atoms in total. The van der Waals surface area contributed by atoms with Crippen molar-refractivity contribution < 1.29 is 9.50 Å². The number of H-pyrrole nitrogens is 1. The monoisotopic (exact) mass is 192 g/mol. The minimum absolute atomic E-state index is 0.319. The van der Waals surface area contributed by atoms with Crippen LogP contribution in [0.4, 0.5) is 4.39 Å². The summed E-state index contributed by atoms with van der Waals surface area (Å²) >= 11 is 0. The zero-order chi connectivity index (χ0) is 9.97. The van der Waals surface area contributed by atoms with E-state index in [9.17, 15) is 9.50 Å². The second-order valence-electron chi connectivity index (χ2n) is 2.93. The van der Waals surface area contributed by atoms with Gasteiger partial charge in [0.1, 0.15) is 17.7 Å². The van der Waals surface area contributed by atoms with Gasteiger partial charge in [0.05, 0.1) is 0 Å². The van der Waals surface area contributed by atoms with Crippen LogP contribution < -0.4 is 0 Å². The van der Waals surface area contributed by atoms with Gasteiger partial charge in [0.15, 0.2) is 0 Å². The lowest BCUT2D eigenvalue weighted by Gasteiger charge is -2.07. The van der Waals surface area contributed by atoms with Crippen LogP contribution in [0.1, 0.15) is 17.5 Å². The minimum Gasteiger partial charge on any atom is -0.380 e. The Hall–Kier alpha value is -1.68. The Bertz CT molecular complexity index is 397. The van der Waals surface area contributed by atoms with Crippen LogP contribution in [0.5, 0.6) is 0 Å². The zero-order valence-corrected chi connectivity index (χ0v) is 7.31. The molecule has 0 saturated carbocycles. The van der Waals surface area contributed by atoms with Crippen molar-refractivity contribution in [1.29, 1.82) is 0 Å². The van der Waals surface area contributed by atoms with Crippen molar-refractivity contribution in [3.8, 4) is 0 Å². The summed E-state index contributed by atoms with van der Waals surface area (Å²) in [4.78, 5) is 6.71. The topological polar surface area (TPSA) is 48.9 Å². The summed E-state index contributed by atoms with van der Waals surface area (Å²) in [5.41, 5.74) is 0.612. The molecule has 0 fully saturated rings. The Labute approximate surface area is 80.2 Å². The summed E-state index contributed by atoms with van der Waals surface area (Å²) in [6, 6.07) is 5.67. The number of rotatable bonds is 2. The molecule has 0 amide bonds. The largest absolute Gasteiger partial charge is 0.380 e. The Morgan fingerprint density at radius 1 is 1.29 bits per heavy atom. The molecule has 0 bridgehead atoms. The number of aromatic nitrogens is 2. The van der Waals surface area contributed by atoms with Crippen LogP contribution in [0.3, 0.4) is 0 Å². The molecule has 1 atom stereocenters. The zero-order valence-electron chi connectivity index (χ0n) is 7.31. The maximum Gasteiger partial charge on any atom is 0.139 e. The van der Waals surface area contributed by atoms with Gasteiger partial charge in [-0.15, -0.1) is 0 Å². The molecular weight excluding hydrogens is 183 g/mol. The van der Waals surface area contributed by atoms with Crippen molar-refractivity contribution in [3.63, 3.8) is 0 Å². The van der Waals surface area contributed by atoms with E-state index in [1.54, 1.807) is 12.4 Å². The molecule has 0 unspecified atom stereocenters. The first-order valence-electron chi connectivity index (χ1n) is 4.20. The number of nitrogens with one attached hydrogen (secondary N) is 1. The molecule has 0 aliphatic carbocycles. The predicted molar refractivity (Wildman–Crippen MR) is 49.0 cm³/mol. The van der Waals surface area contributed by atoms with Crippen LogP contribution in [0.15, 0.2) is 36.7 Å². The van der Waals surface area contributed by atoms with E-state index in [-0.39, 0.29) is 5.82 Å². The molecule has 72 valence electrons. The average Bonchev–Trinajstić information content (AvgIpc) is 2.71. The van der Waals surface area contributed by atoms with Crippen LogP contribution in [0.25, 0.3) is 0 Å². The lowest BCUT2D eigenvalue weighted by atomic mass is 10.1. The minimum atomic E-state index is -0.828. The average molecular weight is 192 g/mol. The van der Waals surface area contributed by atoms with Gasteiger partial charge >= 0.3 is 0 Å². The first-order valence-corrected chi connectivity index (χ1v) is 4.20. The molecule has 1 heterocycles. The second kappa shape index (κ2) is 3.59. The number of nitrogens with zero attached hydrogens (tertiary/aromatic N) is 1. The van der Waals surface area contributed by atoms with Gasteiger partial charge in [0, 0.05) is 12.4 Å². The third kappa shape index (κ3) is 1.65. The highest BCUT2D eigenvalue weighted by Gasteiger charge is 2.11.